The number of methoxy groups -OCH3 is 1. The number of halogens is 1. The summed E-state index contributed by atoms with van der Waals surface area (Å²) < 4.78 is 26.5. The number of hydrogen-bond acceptors (Lipinski definition) is 5. The second-order valence-electron chi connectivity index (χ2n) is 11.1. The predicted molar refractivity (Wildman–Crippen MR) is 124 cm³/mol. The Kier molecular flexibility index (Phi) is 5.39. The smallest absolute Gasteiger partial charge is 0.339 e. The molecule has 0 N–H and O–H groups in total. The molecule has 4 bridgehead atoms. The van der Waals surface area contributed by atoms with E-state index in [9.17, 15) is 9.59 Å². The average Bonchev–Trinajstić information content (AvgIpc) is 3.51. The van der Waals surface area contributed by atoms with Crippen LogP contribution in [-0.4, -0.2) is 48.2 Å². The molecule has 1 aromatic rings. The zero-order valence-corrected chi connectivity index (χ0v) is 20.0. The van der Waals surface area contributed by atoms with Crippen molar-refractivity contribution >= 4 is 23.6 Å². The molecule has 7 rings (SSSR count). The highest BCUT2D eigenvalue weighted by molar-refractivity contribution is 8.00. The van der Waals surface area contributed by atoms with Gasteiger partial charge in [0.05, 0.1) is 19.3 Å². The van der Waals surface area contributed by atoms with Crippen molar-refractivity contribution in [3.05, 3.63) is 29.1 Å². The number of thioether (sulfide) groups is 1. The minimum absolute atomic E-state index is 0.0375. The van der Waals surface area contributed by atoms with Crippen molar-refractivity contribution in [3.8, 4) is 5.75 Å². The maximum Gasteiger partial charge on any atom is 0.339 e. The van der Waals surface area contributed by atoms with Gasteiger partial charge in [0.1, 0.15) is 11.6 Å². The summed E-state index contributed by atoms with van der Waals surface area (Å²) in [5, 5.41) is -0.710. The third-order valence-corrected chi connectivity index (χ3v) is 9.78. The molecular formula is C26H32FNO4S. The summed E-state index contributed by atoms with van der Waals surface area (Å²) in [5.74, 6) is 2.64. The molecule has 1 unspecified atom stereocenters. The third-order valence-electron chi connectivity index (χ3n) is 8.60. The first-order valence-electron chi connectivity index (χ1n) is 12.4. The Hall–Kier alpha value is -1.76. The lowest BCUT2D eigenvalue weighted by molar-refractivity contribution is -0.142. The Bertz CT molecular complexity index is 942. The molecule has 0 aromatic heterocycles. The molecule has 0 spiro atoms. The highest BCUT2D eigenvalue weighted by Gasteiger charge is 2.51. The largest absolute Gasteiger partial charge is 0.493 e. The van der Waals surface area contributed by atoms with E-state index in [4.69, 9.17) is 9.47 Å². The maximum atomic E-state index is 15.3. The molecule has 1 aromatic carbocycles. The molecule has 5 nitrogen and oxygen atoms in total. The molecule has 6 aliphatic rings. The van der Waals surface area contributed by atoms with Crippen LogP contribution in [0.15, 0.2) is 12.1 Å². The topological polar surface area (TPSA) is 55.8 Å². The molecule has 1 atom stereocenters. The van der Waals surface area contributed by atoms with Crippen molar-refractivity contribution < 1.29 is 23.5 Å². The lowest BCUT2D eigenvalue weighted by Crippen LogP contribution is -2.48. The van der Waals surface area contributed by atoms with Gasteiger partial charge in [0, 0.05) is 23.8 Å². The standard InChI is InChI=1S/C26H32FNO4S/c1-31-25(30)24-28(4-5-33-24)23(29)20-9-19(18-2-3-18)22(10-21(20)27)32-14-26-11-15-6-16(12-26)8-17(7-15)13-26/h9-10,15-18,24H,2-8,11-14H2,1H3. The lowest BCUT2D eigenvalue weighted by Gasteiger charge is -2.56. The molecule has 1 heterocycles. The van der Waals surface area contributed by atoms with Gasteiger partial charge in [-0.3, -0.25) is 4.79 Å². The second-order valence-corrected chi connectivity index (χ2v) is 12.3. The number of benzene rings is 1. The van der Waals surface area contributed by atoms with Gasteiger partial charge in [0.2, 0.25) is 0 Å². The predicted octanol–water partition coefficient (Wildman–Crippen LogP) is 4.99. The van der Waals surface area contributed by atoms with Crippen LogP contribution in [0.2, 0.25) is 0 Å². The van der Waals surface area contributed by atoms with E-state index in [1.807, 2.05) is 0 Å². The van der Waals surface area contributed by atoms with Gasteiger partial charge >= 0.3 is 5.97 Å². The number of rotatable bonds is 6. The summed E-state index contributed by atoms with van der Waals surface area (Å²) in [6.45, 7) is 1.07. The van der Waals surface area contributed by atoms with Crippen molar-refractivity contribution in [2.24, 2.45) is 23.2 Å². The molecule has 5 aliphatic carbocycles. The number of ether oxygens (including phenoxy) is 2. The van der Waals surface area contributed by atoms with Crippen LogP contribution in [0.1, 0.15) is 73.2 Å². The Balaban J connectivity index is 1.23. The molecule has 1 amide bonds. The van der Waals surface area contributed by atoms with Crippen molar-refractivity contribution in [1.82, 2.24) is 4.90 Å². The van der Waals surface area contributed by atoms with Crippen LogP contribution >= 0.6 is 11.8 Å². The highest BCUT2D eigenvalue weighted by atomic mass is 32.2. The first-order chi connectivity index (χ1) is 15.9. The Morgan fingerprint density at radius 2 is 1.79 bits per heavy atom. The van der Waals surface area contributed by atoms with E-state index in [1.165, 1.54) is 68.4 Å². The summed E-state index contributed by atoms with van der Waals surface area (Å²) in [6.07, 6.45) is 9.99. The monoisotopic (exact) mass is 473 g/mol. The van der Waals surface area contributed by atoms with E-state index in [2.05, 4.69) is 0 Å². The number of carbonyl (C=O) groups excluding carboxylic acids is 2. The first kappa shape index (κ1) is 21.8. The minimum atomic E-state index is -0.710. The summed E-state index contributed by atoms with van der Waals surface area (Å²) in [4.78, 5) is 26.7. The Labute approximate surface area is 198 Å². The summed E-state index contributed by atoms with van der Waals surface area (Å²) in [5.41, 5.74) is 1.24. The highest BCUT2D eigenvalue weighted by Crippen LogP contribution is 2.60. The van der Waals surface area contributed by atoms with Crippen molar-refractivity contribution in [2.75, 3.05) is 26.0 Å². The number of carbonyl (C=O) groups is 2. The number of esters is 1. The molecule has 5 saturated carbocycles. The van der Waals surface area contributed by atoms with E-state index in [1.54, 1.807) is 6.07 Å². The summed E-state index contributed by atoms with van der Waals surface area (Å²) in [6, 6.07) is 3.12. The molecule has 0 radical (unpaired) electrons. The molecule has 6 fully saturated rings. The van der Waals surface area contributed by atoms with Crippen LogP contribution in [0, 0.1) is 29.0 Å². The number of hydrogen-bond donors (Lipinski definition) is 0. The molecule has 7 heteroatoms. The fraction of sp³-hybridized carbons (Fsp3) is 0.692. The first-order valence-corrected chi connectivity index (χ1v) is 13.5. The quantitative estimate of drug-likeness (QED) is 0.545. The van der Waals surface area contributed by atoms with Gasteiger partial charge in [-0.15, -0.1) is 11.8 Å². The van der Waals surface area contributed by atoms with Gasteiger partial charge < -0.3 is 14.4 Å². The van der Waals surface area contributed by atoms with Gasteiger partial charge in [-0.25, -0.2) is 9.18 Å². The molecule has 1 saturated heterocycles. The summed E-state index contributed by atoms with van der Waals surface area (Å²) in [7, 11) is 1.31. The van der Waals surface area contributed by atoms with E-state index in [0.717, 1.165) is 36.2 Å². The van der Waals surface area contributed by atoms with Crippen molar-refractivity contribution in [1.29, 1.82) is 0 Å². The molecular weight excluding hydrogens is 441 g/mol. The fourth-order valence-electron chi connectivity index (χ4n) is 7.40. The Morgan fingerprint density at radius 3 is 2.39 bits per heavy atom. The van der Waals surface area contributed by atoms with E-state index < -0.39 is 23.1 Å². The zero-order valence-electron chi connectivity index (χ0n) is 19.2. The van der Waals surface area contributed by atoms with Crippen LogP contribution < -0.4 is 4.74 Å². The average molecular weight is 474 g/mol. The van der Waals surface area contributed by atoms with Gasteiger partial charge in [0.15, 0.2) is 5.37 Å². The Morgan fingerprint density at radius 1 is 1.12 bits per heavy atom. The van der Waals surface area contributed by atoms with Gasteiger partial charge in [-0.2, -0.15) is 0 Å². The molecule has 178 valence electrons. The number of nitrogens with zero attached hydrogens (tertiary/aromatic N) is 1. The summed E-state index contributed by atoms with van der Waals surface area (Å²) >= 11 is 1.36. The van der Waals surface area contributed by atoms with Crippen LogP contribution in [0.3, 0.4) is 0 Å². The van der Waals surface area contributed by atoms with E-state index >= 15 is 4.39 Å². The van der Waals surface area contributed by atoms with Crippen molar-refractivity contribution in [2.45, 2.75) is 62.7 Å². The molecule has 1 aliphatic heterocycles. The fourth-order valence-corrected chi connectivity index (χ4v) is 8.54. The van der Waals surface area contributed by atoms with Crippen LogP contribution in [0.5, 0.6) is 5.75 Å². The SMILES string of the molecule is COC(=O)C1SCCN1C(=O)c1cc(C2CC2)c(OCC23CC4CC(CC(C4)C2)C3)cc1F. The zero-order chi connectivity index (χ0) is 22.7. The van der Waals surface area contributed by atoms with Crippen molar-refractivity contribution in [3.63, 3.8) is 0 Å². The molecule has 33 heavy (non-hydrogen) atoms. The van der Waals surface area contributed by atoms with Gasteiger partial charge in [-0.05, 0) is 86.7 Å². The van der Waals surface area contributed by atoms with E-state index in [-0.39, 0.29) is 11.0 Å². The maximum absolute atomic E-state index is 15.3. The number of amides is 1. The normalized spacial score (nSPS) is 34.5. The van der Waals surface area contributed by atoms with Crippen LogP contribution in [0.25, 0.3) is 0 Å². The lowest BCUT2D eigenvalue weighted by atomic mass is 9.50. The van der Waals surface area contributed by atoms with Crippen LogP contribution in [0.4, 0.5) is 4.39 Å². The second kappa shape index (κ2) is 8.17. The third kappa shape index (κ3) is 3.94. The minimum Gasteiger partial charge on any atom is -0.493 e. The van der Waals surface area contributed by atoms with Crippen LogP contribution in [-0.2, 0) is 9.53 Å². The van der Waals surface area contributed by atoms with Gasteiger partial charge in [0.25, 0.3) is 5.91 Å². The van der Waals surface area contributed by atoms with Gasteiger partial charge in [-0.1, -0.05) is 0 Å². The van der Waals surface area contributed by atoms with E-state index in [0.29, 0.717) is 30.6 Å².